The SMILES string of the molecule is COc1cnc(Cl)cc1-c1cc(C)ncc1C(=O)Nc1nc2nc(C)c(Oc3ccc(Cl)cn3)nc2s1. The third-order valence-corrected chi connectivity index (χ3v) is 6.41. The fourth-order valence-electron chi connectivity index (χ4n) is 3.42. The number of pyridine rings is 3. The number of aromatic nitrogens is 6. The van der Waals surface area contributed by atoms with Gasteiger partial charge in [0.2, 0.25) is 11.8 Å². The molecule has 5 heterocycles. The van der Waals surface area contributed by atoms with Crippen LogP contribution in [-0.4, -0.2) is 42.9 Å². The summed E-state index contributed by atoms with van der Waals surface area (Å²) in [6, 6.07) is 6.71. The van der Waals surface area contributed by atoms with Gasteiger partial charge in [-0.1, -0.05) is 34.5 Å². The fraction of sp³-hybridized carbons (Fsp3) is 0.125. The average Bonchev–Trinajstić information content (AvgIpc) is 3.26. The van der Waals surface area contributed by atoms with Crippen LogP contribution in [0.5, 0.6) is 17.5 Å². The zero-order valence-corrected chi connectivity index (χ0v) is 21.9. The number of hydrogen-bond donors (Lipinski definition) is 1. The van der Waals surface area contributed by atoms with Crippen LogP contribution in [0.1, 0.15) is 21.7 Å². The molecule has 0 unspecified atom stereocenters. The molecule has 37 heavy (non-hydrogen) atoms. The number of hydrogen-bond acceptors (Lipinski definition) is 10. The van der Waals surface area contributed by atoms with E-state index in [1.54, 1.807) is 31.2 Å². The van der Waals surface area contributed by atoms with E-state index in [1.807, 2.05) is 6.92 Å². The van der Waals surface area contributed by atoms with Gasteiger partial charge >= 0.3 is 0 Å². The molecule has 13 heteroatoms. The molecule has 0 saturated heterocycles. The van der Waals surface area contributed by atoms with Gasteiger partial charge in [0.05, 0.1) is 23.9 Å². The van der Waals surface area contributed by atoms with E-state index in [0.29, 0.717) is 60.3 Å². The van der Waals surface area contributed by atoms with Crippen LogP contribution in [0.4, 0.5) is 5.13 Å². The van der Waals surface area contributed by atoms with Crippen molar-refractivity contribution in [1.29, 1.82) is 0 Å². The number of halogens is 2. The fourth-order valence-corrected chi connectivity index (χ4v) is 4.46. The molecular weight excluding hydrogens is 537 g/mol. The first-order valence-corrected chi connectivity index (χ1v) is 12.3. The molecule has 1 N–H and O–H groups in total. The van der Waals surface area contributed by atoms with E-state index in [9.17, 15) is 4.79 Å². The van der Waals surface area contributed by atoms with Crippen molar-refractivity contribution in [2.45, 2.75) is 13.8 Å². The molecule has 0 fully saturated rings. The molecule has 5 aromatic rings. The maximum absolute atomic E-state index is 13.3. The minimum atomic E-state index is -0.421. The maximum Gasteiger partial charge on any atom is 0.259 e. The van der Waals surface area contributed by atoms with Gasteiger partial charge in [-0.15, -0.1) is 0 Å². The molecule has 5 aromatic heterocycles. The Kier molecular flexibility index (Phi) is 6.83. The quantitative estimate of drug-likeness (QED) is 0.255. The first-order chi connectivity index (χ1) is 17.8. The third kappa shape index (κ3) is 5.29. The first kappa shape index (κ1) is 24.8. The summed E-state index contributed by atoms with van der Waals surface area (Å²) in [6.07, 6.45) is 4.47. The van der Waals surface area contributed by atoms with Gasteiger partial charge in [-0.3, -0.25) is 15.1 Å². The van der Waals surface area contributed by atoms with Crippen LogP contribution in [-0.2, 0) is 0 Å². The van der Waals surface area contributed by atoms with E-state index in [2.05, 4.69) is 35.2 Å². The Hall–Kier alpha value is -3.93. The van der Waals surface area contributed by atoms with Crippen LogP contribution in [0.2, 0.25) is 10.2 Å². The molecular formula is C24H17Cl2N7O3S. The second-order valence-corrected chi connectivity index (χ2v) is 9.51. The lowest BCUT2D eigenvalue weighted by atomic mass is 10.0. The number of rotatable bonds is 6. The van der Waals surface area contributed by atoms with E-state index < -0.39 is 5.91 Å². The molecule has 0 aromatic carbocycles. The summed E-state index contributed by atoms with van der Waals surface area (Å²) in [6.45, 7) is 3.57. The van der Waals surface area contributed by atoms with Crippen molar-refractivity contribution >= 4 is 56.1 Å². The number of nitrogens with zero attached hydrogens (tertiary/aromatic N) is 6. The molecule has 0 aliphatic rings. The van der Waals surface area contributed by atoms with Crippen LogP contribution >= 0.6 is 34.5 Å². The minimum Gasteiger partial charge on any atom is -0.494 e. The van der Waals surface area contributed by atoms with Crippen LogP contribution < -0.4 is 14.8 Å². The Balaban J connectivity index is 1.45. The average molecular weight is 554 g/mol. The van der Waals surface area contributed by atoms with Crippen molar-refractivity contribution in [2.24, 2.45) is 0 Å². The molecule has 0 saturated carbocycles. The van der Waals surface area contributed by atoms with E-state index in [-0.39, 0.29) is 11.0 Å². The second-order valence-electron chi connectivity index (χ2n) is 7.71. The number of amides is 1. The molecule has 0 aliphatic heterocycles. The number of carbonyl (C=O) groups is 1. The number of aryl methyl sites for hydroxylation is 2. The summed E-state index contributed by atoms with van der Waals surface area (Å²) < 4.78 is 11.2. The number of carbonyl (C=O) groups excluding carboxylic acids is 1. The van der Waals surface area contributed by atoms with E-state index in [0.717, 1.165) is 11.3 Å². The van der Waals surface area contributed by atoms with Gasteiger partial charge in [0.1, 0.15) is 16.6 Å². The zero-order chi connectivity index (χ0) is 26.1. The Labute approximate surface area is 224 Å². The third-order valence-electron chi connectivity index (χ3n) is 5.13. The Morgan fingerprint density at radius 2 is 1.81 bits per heavy atom. The smallest absolute Gasteiger partial charge is 0.259 e. The van der Waals surface area contributed by atoms with Crippen LogP contribution in [0, 0.1) is 13.8 Å². The highest BCUT2D eigenvalue weighted by Crippen LogP contribution is 2.35. The Morgan fingerprint density at radius 3 is 2.57 bits per heavy atom. The van der Waals surface area contributed by atoms with Crippen molar-refractivity contribution in [3.05, 3.63) is 70.0 Å². The molecule has 0 spiro atoms. The number of fused-ring (bicyclic) bond motifs is 1. The molecule has 0 radical (unpaired) electrons. The van der Waals surface area contributed by atoms with Crippen molar-refractivity contribution in [3.63, 3.8) is 0 Å². The monoisotopic (exact) mass is 553 g/mol. The second kappa shape index (κ2) is 10.2. The Morgan fingerprint density at radius 1 is 0.973 bits per heavy atom. The summed E-state index contributed by atoms with van der Waals surface area (Å²) in [7, 11) is 1.52. The Bertz CT molecular complexity index is 1640. The summed E-state index contributed by atoms with van der Waals surface area (Å²) >= 11 is 13.2. The lowest BCUT2D eigenvalue weighted by Gasteiger charge is -2.13. The molecule has 10 nitrogen and oxygen atoms in total. The minimum absolute atomic E-state index is 0.266. The normalized spacial score (nSPS) is 10.9. The standard InChI is InChI=1S/C24H17Cl2N7O3S/c1-11-6-14(15-7-18(26)28-10-17(15)35-3)16(9-27-11)21(34)32-24-31-20-23(37-24)33-22(12(2)30-20)36-19-5-4-13(25)8-29-19/h4-10H,1-3H3,(H,30,31,32,34). The number of thiazole rings is 1. The molecule has 0 aliphatic carbocycles. The number of methoxy groups -OCH3 is 1. The van der Waals surface area contributed by atoms with Crippen LogP contribution in [0.25, 0.3) is 21.6 Å². The van der Waals surface area contributed by atoms with Crippen molar-refractivity contribution < 1.29 is 14.3 Å². The van der Waals surface area contributed by atoms with E-state index >= 15 is 0 Å². The highest BCUT2D eigenvalue weighted by atomic mass is 35.5. The lowest BCUT2D eigenvalue weighted by molar-refractivity contribution is 0.102. The van der Waals surface area contributed by atoms with Crippen LogP contribution in [0.3, 0.4) is 0 Å². The largest absolute Gasteiger partial charge is 0.494 e. The lowest BCUT2D eigenvalue weighted by Crippen LogP contribution is -2.14. The molecule has 186 valence electrons. The number of anilines is 1. The van der Waals surface area contributed by atoms with Crippen molar-refractivity contribution in [3.8, 4) is 28.6 Å². The first-order valence-electron chi connectivity index (χ1n) is 10.7. The van der Waals surface area contributed by atoms with Crippen molar-refractivity contribution in [1.82, 2.24) is 29.9 Å². The van der Waals surface area contributed by atoms with Gasteiger partial charge in [0.25, 0.3) is 5.91 Å². The predicted molar refractivity (Wildman–Crippen MR) is 141 cm³/mol. The van der Waals surface area contributed by atoms with E-state index in [1.165, 1.54) is 25.7 Å². The summed E-state index contributed by atoms with van der Waals surface area (Å²) in [5, 5.41) is 3.89. The van der Waals surface area contributed by atoms with Gasteiger partial charge in [-0.2, -0.15) is 9.97 Å². The summed E-state index contributed by atoms with van der Waals surface area (Å²) in [5.41, 5.74) is 3.11. The molecule has 5 rings (SSSR count). The molecule has 0 atom stereocenters. The van der Waals surface area contributed by atoms with Gasteiger partial charge in [0, 0.05) is 35.3 Å². The predicted octanol–water partition coefficient (Wildman–Crippen LogP) is 5.92. The van der Waals surface area contributed by atoms with Gasteiger partial charge in [-0.25, -0.2) is 15.0 Å². The maximum atomic E-state index is 13.3. The zero-order valence-electron chi connectivity index (χ0n) is 19.6. The highest BCUT2D eigenvalue weighted by Gasteiger charge is 2.20. The highest BCUT2D eigenvalue weighted by molar-refractivity contribution is 7.21. The topological polar surface area (TPSA) is 125 Å². The summed E-state index contributed by atoms with van der Waals surface area (Å²) in [5.74, 6) is 0.645. The molecule has 1 amide bonds. The van der Waals surface area contributed by atoms with Crippen molar-refractivity contribution in [2.75, 3.05) is 12.4 Å². The summed E-state index contributed by atoms with van der Waals surface area (Å²) in [4.78, 5) is 39.6. The number of nitrogens with one attached hydrogen (secondary N) is 1. The van der Waals surface area contributed by atoms with Crippen LogP contribution in [0.15, 0.2) is 42.9 Å². The van der Waals surface area contributed by atoms with E-state index in [4.69, 9.17) is 32.7 Å². The van der Waals surface area contributed by atoms with Gasteiger partial charge in [0.15, 0.2) is 15.6 Å². The van der Waals surface area contributed by atoms with Gasteiger partial charge in [-0.05, 0) is 32.0 Å². The number of ether oxygens (including phenoxy) is 2. The molecule has 0 bridgehead atoms. The van der Waals surface area contributed by atoms with Gasteiger partial charge < -0.3 is 9.47 Å².